The van der Waals surface area contributed by atoms with E-state index in [-0.39, 0.29) is 36.2 Å². The van der Waals surface area contributed by atoms with Crippen LogP contribution in [-0.4, -0.2) is 48.9 Å². The number of rotatable bonds is 6. The second kappa shape index (κ2) is 10.4. The van der Waals surface area contributed by atoms with Gasteiger partial charge in [-0.05, 0) is 45.4 Å². The number of carbonyl (C=O) groups is 2. The SMILES string of the molecule is CCN[C@H](C)CNC(=O)C1CCCN(C(=O)c2ccc(C)cc2)C1.Cl. The van der Waals surface area contributed by atoms with Gasteiger partial charge in [0.2, 0.25) is 5.91 Å². The van der Waals surface area contributed by atoms with Crippen molar-refractivity contribution in [2.45, 2.75) is 39.7 Å². The van der Waals surface area contributed by atoms with Crippen LogP contribution in [-0.2, 0) is 4.79 Å². The van der Waals surface area contributed by atoms with E-state index in [9.17, 15) is 9.59 Å². The van der Waals surface area contributed by atoms with Gasteiger partial charge in [-0.3, -0.25) is 9.59 Å². The molecule has 2 amide bonds. The lowest BCUT2D eigenvalue weighted by atomic mass is 9.96. The van der Waals surface area contributed by atoms with Crippen LogP contribution in [0.15, 0.2) is 24.3 Å². The van der Waals surface area contributed by atoms with Gasteiger partial charge in [-0.1, -0.05) is 24.6 Å². The smallest absolute Gasteiger partial charge is 0.253 e. The molecule has 1 heterocycles. The molecule has 0 aliphatic carbocycles. The first-order valence-corrected chi connectivity index (χ1v) is 8.88. The fourth-order valence-electron chi connectivity index (χ4n) is 3.07. The van der Waals surface area contributed by atoms with Gasteiger partial charge < -0.3 is 15.5 Å². The van der Waals surface area contributed by atoms with Gasteiger partial charge in [-0.2, -0.15) is 0 Å². The van der Waals surface area contributed by atoms with Crippen LogP contribution in [0.4, 0.5) is 0 Å². The number of likely N-dealkylation sites (N-methyl/N-ethyl adjacent to an activating group) is 1. The molecule has 140 valence electrons. The summed E-state index contributed by atoms with van der Waals surface area (Å²) in [4.78, 5) is 26.8. The van der Waals surface area contributed by atoms with Crippen molar-refractivity contribution < 1.29 is 9.59 Å². The van der Waals surface area contributed by atoms with E-state index in [0.29, 0.717) is 18.7 Å². The normalized spacial score (nSPS) is 18.2. The Kier molecular flexibility index (Phi) is 8.93. The largest absolute Gasteiger partial charge is 0.354 e. The van der Waals surface area contributed by atoms with Crippen molar-refractivity contribution in [2.24, 2.45) is 5.92 Å². The zero-order chi connectivity index (χ0) is 17.5. The highest BCUT2D eigenvalue weighted by molar-refractivity contribution is 5.94. The number of nitrogens with one attached hydrogen (secondary N) is 2. The summed E-state index contributed by atoms with van der Waals surface area (Å²) in [6, 6.07) is 7.87. The lowest BCUT2D eigenvalue weighted by Crippen LogP contribution is -2.47. The Bertz CT molecular complexity index is 562. The Morgan fingerprint density at radius 1 is 1.28 bits per heavy atom. The van der Waals surface area contributed by atoms with Crippen molar-refractivity contribution in [1.29, 1.82) is 0 Å². The average Bonchev–Trinajstić information content (AvgIpc) is 2.60. The third-order valence-electron chi connectivity index (χ3n) is 4.51. The highest BCUT2D eigenvalue weighted by Crippen LogP contribution is 2.19. The van der Waals surface area contributed by atoms with Gasteiger partial charge in [-0.25, -0.2) is 0 Å². The molecule has 0 bridgehead atoms. The Hall–Kier alpha value is -1.59. The molecule has 2 rings (SSSR count). The number of likely N-dealkylation sites (tertiary alicyclic amines) is 1. The third-order valence-corrected chi connectivity index (χ3v) is 4.51. The van der Waals surface area contributed by atoms with Crippen LogP contribution < -0.4 is 10.6 Å². The Labute approximate surface area is 157 Å². The van der Waals surface area contributed by atoms with Gasteiger partial charge in [0.1, 0.15) is 0 Å². The van der Waals surface area contributed by atoms with E-state index in [0.717, 1.165) is 31.5 Å². The molecule has 6 heteroatoms. The van der Waals surface area contributed by atoms with Gasteiger partial charge >= 0.3 is 0 Å². The topological polar surface area (TPSA) is 61.4 Å². The van der Waals surface area contributed by atoms with Gasteiger partial charge in [-0.15, -0.1) is 12.4 Å². The third kappa shape index (κ3) is 6.33. The van der Waals surface area contributed by atoms with Crippen LogP contribution >= 0.6 is 12.4 Å². The molecule has 0 aromatic heterocycles. The number of hydrogen-bond donors (Lipinski definition) is 2. The minimum atomic E-state index is -0.109. The summed E-state index contributed by atoms with van der Waals surface area (Å²) in [5.74, 6) is -0.0309. The van der Waals surface area contributed by atoms with E-state index in [1.807, 2.05) is 43.0 Å². The maximum atomic E-state index is 12.6. The van der Waals surface area contributed by atoms with E-state index in [2.05, 4.69) is 17.6 Å². The highest BCUT2D eigenvalue weighted by Gasteiger charge is 2.28. The van der Waals surface area contributed by atoms with Crippen molar-refractivity contribution >= 4 is 24.2 Å². The molecule has 1 aliphatic heterocycles. The number of halogens is 1. The zero-order valence-electron chi connectivity index (χ0n) is 15.4. The summed E-state index contributed by atoms with van der Waals surface area (Å²) in [5.41, 5.74) is 1.83. The van der Waals surface area contributed by atoms with Gasteiger partial charge in [0, 0.05) is 31.2 Å². The molecular weight excluding hydrogens is 338 g/mol. The Balaban J connectivity index is 0.00000312. The first-order chi connectivity index (χ1) is 11.5. The lowest BCUT2D eigenvalue weighted by Gasteiger charge is -2.32. The Morgan fingerprint density at radius 3 is 2.60 bits per heavy atom. The van der Waals surface area contributed by atoms with Crippen molar-refractivity contribution in [3.63, 3.8) is 0 Å². The quantitative estimate of drug-likeness (QED) is 0.811. The molecule has 2 atom stereocenters. The van der Waals surface area contributed by atoms with Gasteiger partial charge in [0.15, 0.2) is 0 Å². The van der Waals surface area contributed by atoms with Crippen molar-refractivity contribution in [3.8, 4) is 0 Å². The summed E-state index contributed by atoms with van der Waals surface area (Å²) in [7, 11) is 0. The number of amides is 2. The second-order valence-corrected chi connectivity index (χ2v) is 6.66. The summed E-state index contributed by atoms with van der Waals surface area (Å²) < 4.78 is 0. The molecule has 1 aliphatic rings. The monoisotopic (exact) mass is 367 g/mol. The first-order valence-electron chi connectivity index (χ1n) is 8.88. The predicted molar refractivity (Wildman–Crippen MR) is 103 cm³/mol. The summed E-state index contributed by atoms with van der Waals surface area (Å²) in [6.07, 6.45) is 1.72. The molecule has 5 nitrogen and oxygen atoms in total. The Morgan fingerprint density at radius 2 is 1.96 bits per heavy atom. The molecule has 1 aromatic rings. The molecule has 1 fully saturated rings. The van der Waals surface area contributed by atoms with Crippen molar-refractivity contribution in [2.75, 3.05) is 26.2 Å². The number of benzene rings is 1. The molecular formula is C19H30ClN3O2. The standard InChI is InChI=1S/C19H29N3O2.ClH/c1-4-20-15(3)12-21-18(23)17-6-5-11-22(13-17)19(24)16-9-7-14(2)8-10-16;/h7-10,15,17,20H,4-6,11-13H2,1-3H3,(H,21,23);1H/t15-,17?;/m1./s1. The van der Waals surface area contributed by atoms with Crippen LogP contribution in [0.25, 0.3) is 0 Å². The van der Waals surface area contributed by atoms with Crippen LogP contribution in [0.5, 0.6) is 0 Å². The minimum absolute atomic E-state index is 0. The fraction of sp³-hybridized carbons (Fsp3) is 0.579. The summed E-state index contributed by atoms with van der Waals surface area (Å²) >= 11 is 0. The number of hydrogen-bond acceptors (Lipinski definition) is 3. The van der Waals surface area contributed by atoms with Crippen LogP contribution in [0.3, 0.4) is 0 Å². The molecule has 2 N–H and O–H groups in total. The number of nitrogens with zero attached hydrogens (tertiary/aromatic N) is 1. The maximum absolute atomic E-state index is 12.6. The molecule has 25 heavy (non-hydrogen) atoms. The molecule has 0 saturated carbocycles. The van der Waals surface area contributed by atoms with E-state index in [4.69, 9.17) is 0 Å². The first kappa shape index (κ1) is 21.5. The van der Waals surface area contributed by atoms with Crippen LogP contribution in [0, 0.1) is 12.8 Å². The number of carbonyl (C=O) groups excluding carboxylic acids is 2. The fourth-order valence-corrected chi connectivity index (χ4v) is 3.07. The molecule has 1 unspecified atom stereocenters. The van der Waals surface area contributed by atoms with Crippen molar-refractivity contribution in [1.82, 2.24) is 15.5 Å². The minimum Gasteiger partial charge on any atom is -0.354 e. The molecule has 1 aromatic carbocycles. The van der Waals surface area contributed by atoms with E-state index >= 15 is 0 Å². The van der Waals surface area contributed by atoms with Crippen molar-refractivity contribution in [3.05, 3.63) is 35.4 Å². The number of aryl methyl sites for hydroxylation is 1. The summed E-state index contributed by atoms with van der Waals surface area (Å²) in [6.45, 7) is 8.85. The van der Waals surface area contributed by atoms with E-state index in [1.54, 1.807) is 0 Å². The van der Waals surface area contributed by atoms with E-state index < -0.39 is 0 Å². The predicted octanol–water partition coefficient (Wildman–Crippen LogP) is 2.38. The molecule has 1 saturated heterocycles. The number of piperidine rings is 1. The summed E-state index contributed by atoms with van der Waals surface area (Å²) in [5, 5.41) is 6.28. The van der Waals surface area contributed by atoms with Crippen LogP contribution in [0.2, 0.25) is 0 Å². The van der Waals surface area contributed by atoms with E-state index in [1.165, 1.54) is 0 Å². The average molecular weight is 368 g/mol. The lowest BCUT2D eigenvalue weighted by molar-refractivity contribution is -0.126. The highest BCUT2D eigenvalue weighted by atomic mass is 35.5. The van der Waals surface area contributed by atoms with Crippen LogP contribution in [0.1, 0.15) is 42.6 Å². The van der Waals surface area contributed by atoms with Gasteiger partial charge in [0.25, 0.3) is 5.91 Å². The van der Waals surface area contributed by atoms with Gasteiger partial charge in [0.05, 0.1) is 5.92 Å². The molecule has 0 spiro atoms. The zero-order valence-corrected chi connectivity index (χ0v) is 16.2. The molecule has 0 radical (unpaired) electrons. The maximum Gasteiger partial charge on any atom is 0.253 e. The second-order valence-electron chi connectivity index (χ2n) is 6.66.